The molecule has 0 amide bonds. The van der Waals surface area contributed by atoms with E-state index in [1.165, 1.54) is 7.11 Å². The van der Waals surface area contributed by atoms with Gasteiger partial charge in [0.25, 0.3) is 0 Å². The first-order chi connectivity index (χ1) is 11.5. The van der Waals surface area contributed by atoms with E-state index >= 15 is 0 Å². The number of methoxy groups -OCH3 is 1. The lowest BCUT2D eigenvalue weighted by atomic mass is 10.1. The molecule has 2 aromatic rings. The van der Waals surface area contributed by atoms with Crippen molar-refractivity contribution in [3.63, 3.8) is 0 Å². The number of Topliss-reactive ketones (excluding diaryl/α,β-unsaturated/α-hetero) is 1. The maximum Gasteiger partial charge on any atom is 0.344 e. The van der Waals surface area contributed by atoms with Gasteiger partial charge in [-0.05, 0) is 46.3 Å². The first-order valence-corrected chi connectivity index (χ1v) is 8.08. The molecule has 0 aliphatic carbocycles. The van der Waals surface area contributed by atoms with Crippen molar-refractivity contribution in [3.8, 4) is 11.5 Å². The molecule has 0 fully saturated rings. The van der Waals surface area contributed by atoms with Gasteiger partial charge in [0.1, 0.15) is 11.5 Å². The van der Waals surface area contributed by atoms with Gasteiger partial charge in [0.15, 0.2) is 19.0 Å². The van der Waals surface area contributed by atoms with Crippen molar-refractivity contribution in [3.05, 3.63) is 57.5 Å². The van der Waals surface area contributed by atoms with Gasteiger partial charge in [-0.1, -0.05) is 23.7 Å². The van der Waals surface area contributed by atoms with E-state index in [-0.39, 0.29) is 19.0 Å². The van der Waals surface area contributed by atoms with Crippen LogP contribution in [0.25, 0.3) is 0 Å². The molecular weight excluding hydrogens is 400 g/mol. The van der Waals surface area contributed by atoms with Crippen LogP contribution in [0.4, 0.5) is 0 Å². The number of esters is 1. The first kappa shape index (κ1) is 18.3. The number of rotatable bonds is 7. The molecule has 24 heavy (non-hydrogen) atoms. The number of ketones is 1. The molecule has 0 spiro atoms. The molecule has 0 saturated carbocycles. The Hall–Kier alpha value is -2.05. The van der Waals surface area contributed by atoms with E-state index in [2.05, 4.69) is 15.9 Å². The molecule has 0 aromatic heterocycles. The third-order valence-corrected chi connectivity index (χ3v) is 3.95. The zero-order valence-corrected chi connectivity index (χ0v) is 15.1. The van der Waals surface area contributed by atoms with Crippen molar-refractivity contribution in [2.24, 2.45) is 0 Å². The van der Waals surface area contributed by atoms with E-state index in [9.17, 15) is 9.59 Å². The molecular formula is C17H14BrClO5. The van der Waals surface area contributed by atoms with Gasteiger partial charge in [-0.15, -0.1) is 0 Å². The molecule has 0 unspecified atom stereocenters. The second-order valence-electron chi connectivity index (χ2n) is 4.65. The van der Waals surface area contributed by atoms with Crippen LogP contribution in [0.15, 0.2) is 46.9 Å². The quantitative estimate of drug-likeness (QED) is 0.509. The molecule has 126 valence electrons. The summed E-state index contributed by atoms with van der Waals surface area (Å²) >= 11 is 9.20. The van der Waals surface area contributed by atoms with E-state index in [1.54, 1.807) is 42.5 Å². The predicted molar refractivity (Wildman–Crippen MR) is 92.9 cm³/mol. The minimum Gasteiger partial charge on any atom is -0.496 e. The second-order valence-corrected chi connectivity index (χ2v) is 5.91. The van der Waals surface area contributed by atoms with Crippen molar-refractivity contribution >= 4 is 39.3 Å². The molecule has 0 radical (unpaired) electrons. The average molecular weight is 414 g/mol. The van der Waals surface area contributed by atoms with Crippen LogP contribution >= 0.6 is 27.5 Å². The highest BCUT2D eigenvalue weighted by molar-refractivity contribution is 9.10. The van der Waals surface area contributed by atoms with Crippen LogP contribution in [0.3, 0.4) is 0 Å². The summed E-state index contributed by atoms with van der Waals surface area (Å²) in [6, 6.07) is 11.6. The molecule has 5 nitrogen and oxygen atoms in total. The SMILES string of the molecule is COc1ccc(C(=O)COC(=O)COc2ccccc2Cl)cc1Br. The Kier molecular flexibility index (Phi) is 6.63. The Bertz CT molecular complexity index is 748. The van der Waals surface area contributed by atoms with Crippen LogP contribution < -0.4 is 9.47 Å². The summed E-state index contributed by atoms with van der Waals surface area (Å²) in [5, 5.41) is 0.393. The summed E-state index contributed by atoms with van der Waals surface area (Å²) in [5.74, 6) is -0.00138. The van der Waals surface area contributed by atoms with Crippen LogP contribution in [0.1, 0.15) is 10.4 Å². The molecule has 2 aromatic carbocycles. The number of benzene rings is 2. The van der Waals surface area contributed by atoms with Crippen LogP contribution in [0, 0.1) is 0 Å². The van der Waals surface area contributed by atoms with Crippen molar-refractivity contribution in [1.29, 1.82) is 0 Å². The normalized spacial score (nSPS) is 10.1. The van der Waals surface area contributed by atoms with Crippen molar-refractivity contribution < 1.29 is 23.8 Å². The van der Waals surface area contributed by atoms with Crippen LogP contribution in [0.5, 0.6) is 11.5 Å². The minimum absolute atomic E-state index is 0.329. The highest BCUT2D eigenvalue weighted by atomic mass is 79.9. The maximum atomic E-state index is 12.0. The summed E-state index contributed by atoms with van der Waals surface area (Å²) in [6.45, 7) is -0.702. The van der Waals surface area contributed by atoms with E-state index in [4.69, 9.17) is 25.8 Å². The lowest BCUT2D eigenvalue weighted by Crippen LogP contribution is -2.19. The van der Waals surface area contributed by atoms with Gasteiger partial charge in [0.2, 0.25) is 0 Å². The lowest BCUT2D eigenvalue weighted by molar-refractivity contribution is -0.144. The third-order valence-electron chi connectivity index (χ3n) is 3.02. The van der Waals surface area contributed by atoms with E-state index in [0.29, 0.717) is 26.6 Å². The summed E-state index contributed by atoms with van der Waals surface area (Å²) in [5.41, 5.74) is 0.405. The molecule has 0 atom stereocenters. The molecule has 0 heterocycles. The maximum absolute atomic E-state index is 12.0. The van der Waals surface area contributed by atoms with Crippen molar-refractivity contribution in [2.75, 3.05) is 20.3 Å². The summed E-state index contributed by atoms with van der Waals surface area (Å²) in [4.78, 5) is 23.7. The summed E-state index contributed by atoms with van der Waals surface area (Å²) in [6.07, 6.45) is 0. The standard InChI is InChI=1S/C17H14BrClO5/c1-22-15-7-6-11(8-12(15)18)14(20)9-24-17(21)10-23-16-5-3-2-4-13(16)19/h2-8H,9-10H2,1H3. The number of carbonyl (C=O) groups is 2. The van der Waals surface area contributed by atoms with Crippen molar-refractivity contribution in [1.82, 2.24) is 0 Å². The Morgan fingerprint density at radius 2 is 1.83 bits per heavy atom. The largest absolute Gasteiger partial charge is 0.496 e. The topological polar surface area (TPSA) is 61.8 Å². The second kappa shape index (κ2) is 8.70. The molecule has 7 heteroatoms. The van der Waals surface area contributed by atoms with Gasteiger partial charge in [-0.3, -0.25) is 4.79 Å². The van der Waals surface area contributed by atoms with E-state index in [1.807, 2.05) is 0 Å². The monoisotopic (exact) mass is 412 g/mol. The number of halogens is 2. The minimum atomic E-state index is -0.657. The smallest absolute Gasteiger partial charge is 0.344 e. The number of hydrogen-bond acceptors (Lipinski definition) is 5. The van der Waals surface area contributed by atoms with Crippen LogP contribution in [0.2, 0.25) is 5.02 Å². The highest BCUT2D eigenvalue weighted by Crippen LogP contribution is 2.26. The first-order valence-electron chi connectivity index (χ1n) is 6.91. The molecule has 0 bridgehead atoms. The molecule has 2 rings (SSSR count). The number of para-hydroxylation sites is 1. The predicted octanol–water partition coefficient (Wildman–Crippen LogP) is 3.92. The Balaban J connectivity index is 1.84. The Morgan fingerprint density at radius 3 is 2.50 bits per heavy atom. The fraction of sp³-hybridized carbons (Fsp3) is 0.176. The van der Waals surface area contributed by atoms with Gasteiger partial charge in [-0.25, -0.2) is 4.79 Å². The number of hydrogen-bond donors (Lipinski definition) is 0. The molecule has 0 saturated heterocycles. The molecule has 0 aliphatic rings. The van der Waals surface area contributed by atoms with Crippen LogP contribution in [-0.2, 0) is 9.53 Å². The Morgan fingerprint density at radius 1 is 1.08 bits per heavy atom. The van der Waals surface area contributed by atoms with Gasteiger partial charge in [0.05, 0.1) is 16.6 Å². The van der Waals surface area contributed by atoms with Gasteiger partial charge in [-0.2, -0.15) is 0 Å². The van der Waals surface area contributed by atoms with Gasteiger partial charge in [0, 0.05) is 5.56 Å². The summed E-state index contributed by atoms with van der Waals surface area (Å²) < 4.78 is 15.9. The van der Waals surface area contributed by atoms with Crippen LogP contribution in [-0.4, -0.2) is 32.1 Å². The number of carbonyl (C=O) groups excluding carboxylic acids is 2. The van der Waals surface area contributed by atoms with Gasteiger partial charge >= 0.3 is 5.97 Å². The fourth-order valence-corrected chi connectivity index (χ4v) is 2.54. The average Bonchev–Trinajstić information content (AvgIpc) is 2.58. The highest BCUT2D eigenvalue weighted by Gasteiger charge is 2.13. The molecule has 0 N–H and O–H groups in total. The van der Waals surface area contributed by atoms with E-state index < -0.39 is 5.97 Å². The van der Waals surface area contributed by atoms with Crippen molar-refractivity contribution in [2.45, 2.75) is 0 Å². The zero-order valence-electron chi connectivity index (χ0n) is 12.8. The number of ether oxygens (including phenoxy) is 3. The van der Waals surface area contributed by atoms with Gasteiger partial charge < -0.3 is 14.2 Å². The Labute approximate surface area is 152 Å². The van der Waals surface area contributed by atoms with E-state index in [0.717, 1.165) is 0 Å². The fourth-order valence-electron chi connectivity index (χ4n) is 1.81. The molecule has 0 aliphatic heterocycles. The lowest BCUT2D eigenvalue weighted by Gasteiger charge is -2.08. The summed E-state index contributed by atoms with van der Waals surface area (Å²) in [7, 11) is 1.53. The third kappa shape index (κ3) is 4.97. The zero-order chi connectivity index (χ0) is 17.5.